The van der Waals surface area contributed by atoms with Gasteiger partial charge in [-0.25, -0.2) is 0 Å². The highest BCUT2D eigenvalue weighted by molar-refractivity contribution is 7.12. The molecule has 0 aliphatic carbocycles. The summed E-state index contributed by atoms with van der Waals surface area (Å²) in [5.74, 6) is -0.244. The Morgan fingerprint density at radius 2 is 2.32 bits per heavy atom. The normalized spacial score (nSPS) is 12.4. The van der Waals surface area contributed by atoms with E-state index >= 15 is 0 Å². The average molecular weight is 278 g/mol. The van der Waals surface area contributed by atoms with Gasteiger partial charge in [0.25, 0.3) is 5.91 Å². The highest BCUT2D eigenvalue weighted by Gasteiger charge is 2.19. The minimum atomic E-state index is -0.244. The Hall–Kier alpha value is -1.82. The molecular formula is C13H18N4OS. The number of aryl methyl sites for hydroxylation is 2. The maximum absolute atomic E-state index is 12.1. The van der Waals surface area contributed by atoms with Crippen LogP contribution in [0.1, 0.15) is 45.8 Å². The molecule has 0 saturated carbocycles. The van der Waals surface area contributed by atoms with Crippen LogP contribution in [0.2, 0.25) is 0 Å². The third-order valence-electron chi connectivity index (χ3n) is 2.99. The summed E-state index contributed by atoms with van der Waals surface area (Å²) in [6.07, 6.45) is 0.728. The Morgan fingerprint density at radius 3 is 2.84 bits per heavy atom. The number of hydrogen-bond donors (Lipinski definition) is 3. The Labute approximate surface area is 116 Å². The molecule has 0 saturated heterocycles. The molecule has 2 heterocycles. The number of thiophene rings is 1. The van der Waals surface area contributed by atoms with E-state index in [1.165, 1.54) is 4.88 Å². The summed E-state index contributed by atoms with van der Waals surface area (Å²) >= 11 is 1.67. The molecule has 4 N–H and O–H groups in total. The van der Waals surface area contributed by atoms with Gasteiger partial charge in [0.05, 0.1) is 17.4 Å². The third kappa shape index (κ3) is 2.78. The Morgan fingerprint density at radius 1 is 1.58 bits per heavy atom. The van der Waals surface area contributed by atoms with Crippen LogP contribution in [-0.4, -0.2) is 16.1 Å². The van der Waals surface area contributed by atoms with Crippen LogP contribution in [0, 0.1) is 6.92 Å². The molecule has 2 rings (SSSR count). The van der Waals surface area contributed by atoms with Crippen molar-refractivity contribution in [3.05, 3.63) is 33.3 Å². The Kier molecular flexibility index (Phi) is 3.90. The molecular weight excluding hydrogens is 260 g/mol. The van der Waals surface area contributed by atoms with Gasteiger partial charge < -0.3 is 11.1 Å². The minimum absolute atomic E-state index is 0.0487. The van der Waals surface area contributed by atoms with Crippen LogP contribution in [0.25, 0.3) is 0 Å². The van der Waals surface area contributed by atoms with Gasteiger partial charge in [0.15, 0.2) is 5.69 Å². The van der Waals surface area contributed by atoms with Crippen molar-refractivity contribution in [2.75, 3.05) is 5.73 Å². The third-order valence-corrected chi connectivity index (χ3v) is 4.17. The molecule has 102 valence electrons. The van der Waals surface area contributed by atoms with Crippen LogP contribution in [0.4, 0.5) is 5.69 Å². The van der Waals surface area contributed by atoms with Crippen LogP contribution in [-0.2, 0) is 6.42 Å². The molecule has 0 aliphatic heterocycles. The number of hydrogen-bond acceptors (Lipinski definition) is 4. The number of anilines is 1. The second-order valence-electron chi connectivity index (χ2n) is 4.46. The molecule has 0 spiro atoms. The average Bonchev–Trinajstić information content (AvgIpc) is 2.95. The van der Waals surface area contributed by atoms with E-state index in [9.17, 15) is 4.79 Å². The molecule has 5 nitrogen and oxygen atoms in total. The van der Waals surface area contributed by atoms with Crippen molar-refractivity contribution in [3.8, 4) is 0 Å². The van der Waals surface area contributed by atoms with E-state index < -0.39 is 0 Å². The molecule has 1 atom stereocenters. The van der Waals surface area contributed by atoms with Gasteiger partial charge in [-0.15, -0.1) is 11.3 Å². The molecule has 1 amide bonds. The van der Waals surface area contributed by atoms with E-state index in [0.717, 1.165) is 17.0 Å². The fourth-order valence-electron chi connectivity index (χ4n) is 1.85. The number of carbonyl (C=O) groups is 1. The number of nitrogens with one attached hydrogen (secondary N) is 2. The van der Waals surface area contributed by atoms with E-state index in [-0.39, 0.29) is 17.6 Å². The topological polar surface area (TPSA) is 83.8 Å². The van der Waals surface area contributed by atoms with Gasteiger partial charge >= 0.3 is 0 Å². The number of H-pyrrole nitrogens is 1. The van der Waals surface area contributed by atoms with Gasteiger partial charge in [-0.3, -0.25) is 9.89 Å². The number of nitrogens with two attached hydrogens (primary N) is 1. The summed E-state index contributed by atoms with van der Waals surface area (Å²) in [5, 5.41) is 9.68. The maximum atomic E-state index is 12.1. The second-order valence-corrected chi connectivity index (χ2v) is 5.78. The molecule has 2 aromatic rings. The lowest BCUT2D eigenvalue weighted by molar-refractivity contribution is 0.0936. The summed E-state index contributed by atoms with van der Waals surface area (Å²) in [7, 11) is 0. The number of nitrogens with zero attached hydrogens (tertiary/aromatic N) is 1. The summed E-state index contributed by atoms with van der Waals surface area (Å²) in [6, 6.07) is 4.02. The summed E-state index contributed by atoms with van der Waals surface area (Å²) in [5.41, 5.74) is 7.39. The van der Waals surface area contributed by atoms with Gasteiger partial charge in [-0.2, -0.15) is 5.10 Å². The second kappa shape index (κ2) is 5.44. The van der Waals surface area contributed by atoms with E-state index in [0.29, 0.717) is 5.69 Å². The first-order valence-corrected chi connectivity index (χ1v) is 7.04. The summed E-state index contributed by atoms with van der Waals surface area (Å²) in [6.45, 7) is 5.96. The number of aromatic amines is 1. The van der Waals surface area contributed by atoms with E-state index in [1.54, 1.807) is 11.3 Å². The highest BCUT2D eigenvalue weighted by Crippen LogP contribution is 2.23. The monoisotopic (exact) mass is 278 g/mol. The molecule has 6 heteroatoms. The first-order chi connectivity index (χ1) is 9.02. The summed E-state index contributed by atoms with van der Waals surface area (Å²) < 4.78 is 0. The molecule has 0 aromatic carbocycles. The fraction of sp³-hybridized carbons (Fsp3) is 0.385. The highest BCUT2D eigenvalue weighted by atomic mass is 32.1. The zero-order valence-corrected chi connectivity index (χ0v) is 12.1. The molecule has 0 fully saturated rings. The lowest BCUT2D eigenvalue weighted by Gasteiger charge is -2.11. The van der Waals surface area contributed by atoms with Crippen molar-refractivity contribution in [1.82, 2.24) is 15.5 Å². The number of nitrogen functional groups attached to an aromatic ring is 1. The quantitative estimate of drug-likeness (QED) is 0.803. The number of carbonyl (C=O) groups excluding carboxylic acids is 1. The van der Waals surface area contributed by atoms with Crippen LogP contribution >= 0.6 is 11.3 Å². The van der Waals surface area contributed by atoms with E-state index in [2.05, 4.69) is 15.5 Å². The lowest BCUT2D eigenvalue weighted by atomic mass is 10.2. The molecule has 0 radical (unpaired) electrons. The zero-order valence-electron chi connectivity index (χ0n) is 11.3. The molecule has 2 aromatic heterocycles. The summed E-state index contributed by atoms with van der Waals surface area (Å²) in [4.78, 5) is 14.5. The molecule has 0 aliphatic rings. The number of amides is 1. The van der Waals surface area contributed by atoms with Gasteiger partial charge in [-0.05, 0) is 32.4 Å². The zero-order chi connectivity index (χ0) is 14.0. The Balaban J connectivity index is 2.10. The smallest absolute Gasteiger partial charge is 0.274 e. The number of aromatic nitrogens is 2. The minimum Gasteiger partial charge on any atom is -0.395 e. The van der Waals surface area contributed by atoms with Gasteiger partial charge in [0.2, 0.25) is 0 Å². The Bertz CT molecular complexity index is 587. The lowest BCUT2D eigenvalue weighted by Crippen LogP contribution is -2.27. The first kappa shape index (κ1) is 13.6. The number of rotatable bonds is 4. The predicted molar refractivity (Wildman–Crippen MR) is 77.3 cm³/mol. The fourth-order valence-corrected chi connectivity index (χ4v) is 2.73. The first-order valence-electron chi connectivity index (χ1n) is 6.22. The van der Waals surface area contributed by atoms with Gasteiger partial charge in [0, 0.05) is 9.75 Å². The van der Waals surface area contributed by atoms with Crippen molar-refractivity contribution in [1.29, 1.82) is 0 Å². The van der Waals surface area contributed by atoms with E-state index in [4.69, 9.17) is 5.73 Å². The molecule has 0 bridgehead atoms. The van der Waals surface area contributed by atoms with Gasteiger partial charge in [0.1, 0.15) is 0 Å². The van der Waals surface area contributed by atoms with Crippen LogP contribution < -0.4 is 11.1 Å². The van der Waals surface area contributed by atoms with Crippen molar-refractivity contribution in [3.63, 3.8) is 0 Å². The molecule has 1 unspecified atom stereocenters. The largest absolute Gasteiger partial charge is 0.395 e. The van der Waals surface area contributed by atoms with E-state index in [1.807, 2.05) is 32.9 Å². The van der Waals surface area contributed by atoms with Crippen molar-refractivity contribution < 1.29 is 4.79 Å². The maximum Gasteiger partial charge on any atom is 0.274 e. The molecule has 19 heavy (non-hydrogen) atoms. The standard InChI is InChI=1S/C13H18N4OS/c1-4-9-11(14)12(17-16-9)13(18)15-8(3)10-6-5-7(2)19-10/h5-6,8H,4,14H2,1-3H3,(H,15,18)(H,16,17). The van der Waals surface area contributed by atoms with Crippen LogP contribution in [0.15, 0.2) is 12.1 Å². The van der Waals surface area contributed by atoms with Crippen molar-refractivity contribution >= 4 is 22.9 Å². The van der Waals surface area contributed by atoms with Crippen molar-refractivity contribution in [2.24, 2.45) is 0 Å². The van der Waals surface area contributed by atoms with Crippen LogP contribution in [0.5, 0.6) is 0 Å². The van der Waals surface area contributed by atoms with Gasteiger partial charge in [-0.1, -0.05) is 6.92 Å². The van der Waals surface area contributed by atoms with Crippen molar-refractivity contribution in [2.45, 2.75) is 33.2 Å². The predicted octanol–water partition coefficient (Wildman–Crippen LogP) is 2.42. The SMILES string of the molecule is CCc1[nH]nc(C(=O)NC(C)c2ccc(C)s2)c1N. The van der Waals surface area contributed by atoms with Crippen LogP contribution in [0.3, 0.4) is 0 Å².